The first-order valence-corrected chi connectivity index (χ1v) is 4.21. The monoisotopic (exact) mass is 187 g/mol. The number of para-hydroxylation sites is 1. The van der Waals surface area contributed by atoms with Gasteiger partial charge in [0.25, 0.3) is 0 Å². The molecule has 1 aliphatic heterocycles. The average Bonchev–Trinajstić information content (AvgIpc) is 2.39. The van der Waals surface area contributed by atoms with Crippen molar-refractivity contribution in [2.75, 3.05) is 0 Å². The first-order chi connectivity index (χ1) is 6.77. The van der Waals surface area contributed by atoms with Gasteiger partial charge in [-0.25, -0.2) is 0 Å². The fourth-order valence-corrected chi connectivity index (χ4v) is 1.26. The molecule has 0 spiro atoms. The summed E-state index contributed by atoms with van der Waals surface area (Å²) in [5.41, 5.74) is 6.47. The molecule has 0 saturated heterocycles. The van der Waals surface area contributed by atoms with Crippen molar-refractivity contribution < 1.29 is 9.53 Å². The molecule has 2 rings (SSSR count). The summed E-state index contributed by atoms with van der Waals surface area (Å²) in [5.74, 6) is 0.265. The van der Waals surface area contributed by atoms with E-state index in [-0.39, 0.29) is 0 Å². The summed E-state index contributed by atoms with van der Waals surface area (Å²) < 4.78 is 5.29. The molecule has 0 atom stereocenters. The highest BCUT2D eigenvalue weighted by Crippen LogP contribution is 2.23. The van der Waals surface area contributed by atoms with Crippen LogP contribution in [0, 0.1) is 0 Å². The van der Waals surface area contributed by atoms with Gasteiger partial charge in [-0.15, -0.1) is 0 Å². The molecule has 0 unspecified atom stereocenters. The van der Waals surface area contributed by atoms with Crippen molar-refractivity contribution in [1.29, 1.82) is 0 Å². The Morgan fingerprint density at radius 1 is 1.29 bits per heavy atom. The lowest BCUT2D eigenvalue weighted by Gasteiger charge is -2.01. The molecule has 1 aliphatic rings. The molecule has 1 amide bonds. The van der Waals surface area contributed by atoms with E-state index in [1.165, 1.54) is 6.26 Å². The van der Waals surface area contributed by atoms with E-state index in [1.807, 2.05) is 24.3 Å². The second-order valence-corrected chi connectivity index (χ2v) is 2.92. The normalized spacial score (nSPS) is 13.6. The number of ether oxygens (including phenoxy) is 1. The molecule has 1 aromatic rings. The van der Waals surface area contributed by atoms with Crippen LogP contribution in [0.15, 0.2) is 42.2 Å². The SMILES string of the molecule is NC(=O)C1=Cc2ccccc2OC=C1. The molecule has 0 radical (unpaired) electrons. The Balaban J connectivity index is 2.51. The Bertz CT molecular complexity index is 433. The van der Waals surface area contributed by atoms with Crippen LogP contribution in [0.4, 0.5) is 0 Å². The predicted molar refractivity (Wildman–Crippen MR) is 53.4 cm³/mol. The van der Waals surface area contributed by atoms with Crippen LogP contribution < -0.4 is 10.5 Å². The van der Waals surface area contributed by atoms with E-state index in [0.29, 0.717) is 5.57 Å². The van der Waals surface area contributed by atoms with Gasteiger partial charge in [-0.3, -0.25) is 4.79 Å². The molecule has 3 heteroatoms. The average molecular weight is 187 g/mol. The van der Waals surface area contributed by atoms with Crippen LogP contribution in [0.1, 0.15) is 5.56 Å². The molecular weight excluding hydrogens is 178 g/mol. The standard InChI is InChI=1S/C11H9NO2/c12-11(13)9-5-6-14-10-4-2-1-3-8(10)7-9/h1-7H,(H2,12,13). The molecule has 70 valence electrons. The van der Waals surface area contributed by atoms with Gasteiger partial charge in [0, 0.05) is 11.1 Å². The van der Waals surface area contributed by atoms with Gasteiger partial charge in [0.05, 0.1) is 6.26 Å². The van der Waals surface area contributed by atoms with Crippen LogP contribution in [-0.2, 0) is 4.79 Å². The molecule has 1 aromatic carbocycles. The Morgan fingerprint density at radius 2 is 2.07 bits per heavy atom. The predicted octanol–water partition coefficient (Wildman–Crippen LogP) is 1.46. The van der Waals surface area contributed by atoms with Gasteiger partial charge in [0.1, 0.15) is 5.75 Å². The molecule has 1 heterocycles. The molecule has 0 aromatic heterocycles. The van der Waals surface area contributed by atoms with Crippen LogP contribution in [0.5, 0.6) is 5.75 Å². The third-order valence-electron chi connectivity index (χ3n) is 1.96. The number of fused-ring (bicyclic) bond motifs is 1. The maximum absolute atomic E-state index is 11.0. The number of nitrogens with two attached hydrogens (primary N) is 1. The summed E-state index contributed by atoms with van der Waals surface area (Å²) in [6.07, 6.45) is 4.73. The van der Waals surface area contributed by atoms with Gasteiger partial charge >= 0.3 is 0 Å². The maximum Gasteiger partial charge on any atom is 0.248 e. The van der Waals surface area contributed by atoms with Crippen molar-refractivity contribution in [1.82, 2.24) is 0 Å². The Morgan fingerprint density at radius 3 is 2.86 bits per heavy atom. The Hall–Kier alpha value is -2.03. The minimum absolute atomic E-state index is 0.440. The zero-order valence-corrected chi connectivity index (χ0v) is 7.44. The number of hydrogen-bond acceptors (Lipinski definition) is 2. The second kappa shape index (κ2) is 3.38. The smallest absolute Gasteiger partial charge is 0.248 e. The van der Waals surface area contributed by atoms with Crippen molar-refractivity contribution >= 4 is 12.0 Å². The summed E-state index contributed by atoms with van der Waals surface area (Å²) in [6, 6.07) is 7.45. The molecule has 2 N–H and O–H groups in total. The highest BCUT2D eigenvalue weighted by atomic mass is 16.5. The minimum Gasteiger partial charge on any atom is -0.464 e. The summed E-state index contributed by atoms with van der Waals surface area (Å²) in [5, 5.41) is 0. The molecule has 0 fully saturated rings. The summed E-state index contributed by atoms with van der Waals surface area (Å²) in [7, 11) is 0. The van der Waals surface area contributed by atoms with Crippen molar-refractivity contribution in [2.24, 2.45) is 5.73 Å². The van der Waals surface area contributed by atoms with Gasteiger partial charge in [-0.1, -0.05) is 18.2 Å². The van der Waals surface area contributed by atoms with Crippen LogP contribution in [0.2, 0.25) is 0 Å². The van der Waals surface area contributed by atoms with Crippen molar-refractivity contribution in [2.45, 2.75) is 0 Å². The first kappa shape index (κ1) is 8.56. The van der Waals surface area contributed by atoms with Gasteiger partial charge in [-0.05, 0) is 18.2 Å². The summed E-state index contributed by atoms with van der Waals surface area (Å²) in [6.45, 7) is 0. The fourth-order valence-electron chi connectivity index (χ4n) is 1.26. The van der Waals surface area contributed by atoms with E-state index in [1.54, 1.807) is 12.2 Å². The summed E-state index contributed by atoms with van der Waals surface area (Å²) >= 11 is 0. The third kappa shape index (κ3) is 1.52. The zero-order chi connectivity index (χ0) is 9.97. The lowest BCUT2D eigenvalue weighted by molar-refractivity contribution is -0.114. The number of carbonyl (C=O) groups is 1. The Labute approximate surface area is 81.5 Å². The number of benzene rings is 1. The third-order valence-corrected chi connectivity index (χ3v) is 1.96. The van der Waals surface area contributed by atoms with Gasteiger partial charge in [-0.2, -0.15) is 0 Å². The van der Waals surface area contributed by atoms with Gasteiger partial charge in [0.2, 0.25) is 5.91 Å². The Kier molecular flexibility index (Phi) is 2.07. The number of hydrogen-bond donors (Lipinski definition) is 1. The van der Waals surface area contributed by atoms with E-state index < -0.39 is 5.91 Å². The number of carbonyl (C=O) groups excluding carboxylic acids is 1. The van der Waals surface area contributed by atoms with Crippen LogP contribution in [0.3, 0.4) is 0 Å². The van der Waals surface area contributed by atoms with Crippen molar-refractivity contribution in [3.63, 3.8) is 0 Å². The van der Waals surface area contributed by atoms with E-state index in [2.05, 4.69) is 0 Å². The van der Waals surface area contributed by atoms with Crippen LogP contribution >= 0.6 is 0 Å². The molecular formula is C11H9NO2. The van der Waals surface area contributed by atoms with Gasteiger partial charge in [0.15, 0.2) is 0 Å². The number of primary amides is 1. The molecule has 0 bridgehead atoms. The minimum atomic E-state index is -0.457. The second-order valence-electron chi connectivity index (χ2n) is 2.92. The number of rotatable bonds is 1. The highest BCUT2D eigenvalue weighted by Gasteiger charge is 2.07. The first-order valence-electron chi connectivity index (χ1n) is 4.21. The quantitative estimate of drug-likeness (QED) is 0.723. The molecule has 14 heavy (non-hydrogen) atoms. The van der Waals surface area contributed by atoms with Crippen LogP contribution in [0.25, 0.3) is 6.08 Å². The van der Waals surface area contributed by atoms with E-state index in [9.17, 15) is 4.79 Å². The number of amides is 1. The van der Waals surface area contributed by atoms with E-state index in [0.717, 1.165) is 11.3 Å². The highest BCUT2D eigenvalue weighted by molar-refractivity contribution is 6.00. The molecule has 0 aliphatic carbocycles. The lowest BCUT2D eigenvalue weighted by atomic mass is 10.1. The molecule has 3 nitrogen and oxygen atoms in total. The van der Waals surface area contributed by atoms with E-state index in [4.69, 9.17) is 10.5 Å². The van der Waals surface area contributed by atoms with E-state index >= 15 is 0 Å². The van der Waals surface area contributed by atoms with Crippen molar-refractivity contribution in [3.05, 3.63) is 47.7 Å². The maximum atomic E-state index is 11.0. The largest absolute Gasteiger partial charge is 0.464 e. The lowest BCUT2D eigenvalue weighted by Crippen LogP contribution is -2.11. The molecule has 0 saturated carbocycles. The van der Waals surface area contributed by atoms with Crippen LogP contribution in [-0.4, -0.2) is 5.91 Å². The topological polar surface area (TPSA) is 52.3 Å². The fraction of sp³-hybridized carbons (Fsp3) is 0. The van der Waals surface area contributed by atoms with Crippen molar-refractivity contribution in [3.8, 4) is 5.75 Å². The van der Waals surface area contributed by atoms with Gasteiger partial charge < -0.3 is 10.5 Å². The summed E-state index contributed by atoms with van der Waals surface area (Å²) in [4.78, 5) is 11.0. The zero-order valence-electron chi connectivity index (χ0n) is 7.44.